The number of hydrogen-bond donors (Lipinski definition) is 3. The highest BCUT2D eigenvalue weighted by Crippen LogP contribution is 2.08. The molecular weight excluding hydrogens is 230 g/mol. The highest BCUT2D eigenvalue weighted by atomic mass is 16.1. The molecule has 0 unspecified atom stereocenters. The van der Waals surface area contributed by atoms with Gasteiger partial charge in [0.2, 0.25) is 5.91 Å². The van der Waals surface area contributed by atoms with Crippen LogP contribution in [-0.2, 0) is 4.79 Å². The Kier molecular flexibility index (Phi) is 6.53. The minimum absolute atomic E-state index is 0.247. The fraction of sp³-hybridized carbons (Fsp3) is 0.583. The van der Waals surface area contributed by atoms with Gasteiger partial charge in [0.25, 0.3) is 0 Å². The number of carbonyl (C=O) groups excluding carboxylic acids is 1. The Morgan fingerprint density at radius 2 is 1.89 bits per heavy atom. The molecule has 6 heteroatoms. The number of anilines is 2. The molecule has 0 aliphatic carbocycles. The summed E-state index contributed by atoms with van der Waals surface area (Å²) in [6.07, 6.45) is 4.72. The van der Waals surface area contributed by atoms with Gasteiger partial charge in [0, 0.05) is 25.6 Å². The lowest BCUT2D eigenvalue weighted by Crippen LogP contribution is -2.11. The Balaban J connectivity index is 2.26. The van der Waals surface area contributed by atoms with E-state index in [4.69, 9.17) is 5.73 Å². The highest BCUT2D eigenvalue weighted by Gasteiger charge is 1.98. The van der Waals surface area contributed by atoms with Crippen LogP contribution < -0.4 is 16.4 Å². The van der Waals surface area contributed by atoms with Crippen LogP contribution >= 0.6 is 0 Å². The van der Waals surface area contributed by atoms with E-state index in [1.807, 2.05) is 6.07 Å². The fourth-order valence-corrected chi connectivity index (χ4v) is 1.44. The predicted molar refractivity (Wildman–Crippen MR) is 72.3 cm³/mol. The second kappa shape index (κ2) is 8.27. The van der Waals surface area contributed by atoms with E-state index in [1.165, 1.54) is 6.33 Å². The van der Waals surface area contributed by atoms with E-state index in [9.17, 15) is 4.79 Å². The second-order valence-corrected chi connectivity index (χ2v) is 4.07. The van der Waals surface area contributed by atoms with Gasteiger partial charge in [0.1, 0.15) is 18.0 Å². The molecule has 0 atom stereocenters. The van der Waals surface area contributed by atoms with Gasteiger partial charge in [-0.1, -0.05) is 6.92 Å². The SMILES string of the molecule is CCCNc1cc(NCCCCC(N)=O)ncn1. The van der Waals surface area contributed by atoms with Gasteiger partial charge in [-0.15, -0.1) is 0 Å². The average Bonchev–Trinajstić information content (AvgIpc) is 2.36. The maximum Gasteiger partial charge on any atom is 0.217 e. The average molecular weight is 251 g/mol. The summed E-state index contributed by atoms with van der Waals surface area (Å²) in [5.41, 5.74) is 5.06. The van der Waals surface area contributed by atoms with Crippen molar-refractivity contribution in [2.75, 3.05) is 23.7 Å². The van der Waals surface area contributed by atoms with Gasteiger partial charge >= 0.3 is 0 Å². The minimum atomic E-state index is -0.247. The summed E-state index contributed by atoms with van der Waals surface area (Å²) in [5.74, 6) is 1.37. The summed E-state index contributed by atoms with van der Waals surface area (Å²) in [7, 11) is 0. The topological polar surface area (TPSA) is 92.9 Å². The number of primary amides is 1. The first kappa shape index (κ1) is 14.2. The maximum atomic E-state index is 10.6. The van der Waals surface area contributed by atoms with Crippen LogP contribution in [0, 0.1) is 0 Å². The van der Waals surface area contributed by atoms with Crippen molar-refractivity contribution in [1.82, 2.24) is 9.97 Å². The third kappa shape index (κ3) is 6.03. The smallest absolute Gasteiger partial charge is 0.217 e. The first-order chi connectivity index (χ1) is 8.72. The number of amides is 1. The number of nitrogens with two attached hydrogens (primary N) is 1. The van der Waals surface area contributed by atoms with Crippen molar-refractivity contribution in [1.29, 1.82) is 0 Å². The Morgan fingerprint density at radius 3 is 2.50 bits per heavy atom. The van der Waals surface area contributed by atoms with Crippen LogP contribution in [0.25, 0.3) is 0 Å². The van der Waals surface area contributed by atoms with E-state index < -0.39 is 0 Å². The van der Waals surface area contributed by atoms with Crippen molar-refractivity contribution >= 4 is 17.5 Å². The zero-order valence-electron chi connectivity index (χ0n) is 10.8. The van der Waals surface area contributed by atoms with Crippen LogP contribution in [0.3, 0.4) is 0 Å². The largest absolute Gasteiger partial charge is 0.370 e. The maximum absolute atomic E-state index is 10.6. The van der Waals surface area contributed by atoms with Crippen molar-refractivity contribution in [3.8, 4) is 0 Å². The molecule has 100 valence electrons. The van der Waals surface area contributed by atoms with Crippen LogP contribution in [-0.4, -0.2) is 29.0 Å². The molecule has 0 aliphatic heterocycles. The van der Waals surface area contributed by atoms with E-state index in [0.717, 1.165) is 44.0 Å². The number of nitrogens with one attached hydrogen (secondary N) is 2. The number of unbranched alkanes of at least 4 members (excludes halogenated alkanes) is 1. The van der Waals surface area contributed by atoms with E-state index in [2.05, 4.69) is 27.5 Å². The molecule has 0 aliphatic rings. The van der Waals surface area contributed by atoms with Crippen LogP contribution in [0.4, 0.5) is 11.6 Å². The number of aromatic nitrogens is 2. The first-order valence-corrected chi connectivity index (χ1v) is 6.30. The lowest BCUT2D eigenvalue weighted by atomic mass is 10.2. The molecule has 18 heavy (non-hydrogen) atoms. The summed E-state index contributed by atoms with van der Waals surface area (Å²) >= 11 is 0. The zero-order chi connectivity index (χ0) is 13.2. The molecule has 0 spiro atoms. The molecule has 0 aromatic carbocycles. The molecule has 0 radical (unpaired) electrons. The van der Waals surface area contributed by atoms with Crippen molar-refractivity contribution in [2.24, 2.45) is 5.73 Å². The molecule has 0 saturated heterocycles. The lowest BCUT2D eigenvalue weighted by molar-refractivity contribution is -0.118. The van der Waals surface area contributed by atoms with Gasteiger partial charge in [-0.3, -0.25) is 4.79 Å². The molecule has 0 saturated carbocycles. The molecule has 1 amide bonds. The Labute approximate surface area is 107 Å². The van der Waals surface area contributed by atoms with Crippen LogP contribution in [0.5, 0.6) is 0 Å². The van der Waals surface area contributed by atoms with Gasteiger partial charge in [-0.2, -0.15) is 0 Å². The third-order valence-electron chi connectivity index (χ3n) is 2.38. The number of carbonyl (C=O) groups is 1. The third-order valence-corrected chi connectivity index (χ3v) is 2.38. The predicted octanol–water partition coefficient (Wildman–Crippen LogP) is 1.37. The quantitative estimate of drug-likeness (QED) is 0.576. The number of rotatable bonds is 9. The normalized spacial score (nSPS) is 10.1. The first-order valence-electron chi connectivity index (χ1n) is 6.30. The molecule has 6 nitrogen and oxygen atoms in total. The van der Waals surface area contributed by atoms with Crippen LogP contribution in [0.1, 0.15) is 32.6 Å². The highest BCUT2D eigenvalue weighted by molar-refractivity contribution is 5.73. The van der Waals surface area contributed by atoms with Crippen molar-refractivity contribution in [3.63, 3.8) is 0 Å². The van der Waals surface area contributed by atoms with E-state index in [0.29, 0.717) is 6.42 Å². The summed E-state index contributed by atoms with van der Waals surface area (Å²) in [4.78, 5) is 18.8. The summed E-state index contributed by atoms with van der Waals surface area (Å²) < 4.78 is 0. The molecule has 1 aromatic rings. The van der Waals surface area contributed by atoms with Crippen LogP contribution in [0.15, 0.2) is 12.4 Å². The molecule has 0 bridgehead atoms. The zero-order valence-corrected chi connectivity index (χ0v) is 10.8. The fourth-order valence-electron chi connectivity index (χ4n) is 1.44. The minimum Gasteiger partial charge on any atom is -0.370 e. The van der Waals surface area contributed by atoms with Gasteiger partial charge in [-0.05, 0) is 19.3 Å². The molecule has 1 rings (SSSR count). The van der Waals surface area contributed by atoms with Gasteiger partial charge in [-0.25, -0.2) is 9.97 Å². The standard InChI is InChI=1S/C12H21N5O/c1-2-6-14-11-8-12(17-9-16-11)15-7-4-3-5-10(13)18/h8-9H,2-7H2,1H3,(H2,13,18)(H2,14,15,16,17). The van der Waals surface area contributed by atoms with E-state index in [1.54, 1.807) is 0 Å². The Bertz CT molecular complexity index is 369. The summed E-state index contributed by atoms with van der Waals surface area (Å²) in [6, 6.07) is 1.88. The van der Waals surface area contributed by atoms with Crippen LogP contribution in [0.2, 0.25) is 0 Å². The molecule has 1 heterocycles. The molecule has 0 fully saturated rings. The Morgan fingerprint density at radius 1 is 1.22 bits per heavy atom. The molecule has 1 aromatic heterocycles. The number of hydrogen-bond acceptors (Lipinski definition) is 5. The second-order valence-electron chi connectivity index (χ2n) is 4.07. The monoisotopic (exact) mass is 251 g/mol. The van der Waals surface area contributed by atoms with E-state index >= 15 is 0 Å². The van der Waals surface area contributed by atoms with E-state index in [-0.39, 0.29) is 5.91 Å². The molecular formula is C12H21N5O. The summed E-state index contributed by atoms with van der Waals surface area (Å²) in [5, 5.41) is 6.39. The lowest BCUT2D eigenvalue weighted by Gasteiger charge is -2.07. The molecule has 4 N–H and O–H groups in total. The Hall–Kier alpha value is -1.85. The van der Waals surface area contributed by atoms with Gasteiger partial charge < -0.3 is 16.4 Å². The van der Waals surface area contributed by atoms with Crippen molar-refractivity contribution in [3.05, 3.63) is 12.4 Å². The van der Waals surface area contributed by atoms with Crippen molar-refractivity contribution in [2.45, 2.75) is 32.6 Å². The summed E-state index contributed by atoms with van der Waals surface area (Å²) in [6.45, 7) is 3.78. The van der Waals surface area contributed by atoms with Gasteiger partial charge in [0.15, 0.2) is 0 Å². The van der Waals surface area contributed by atoms with Crippen molar-refractivity contribution < 1.29 is 4.79 Å². The number of nitrogens with zero attached hydrogens (tertiary/aromatic N) is 2. The van der Waals surface area contributed by atoms with Gasteiger partial charge in [0.05, 0.1) is 0 Å².